The SMILES string of the molecule is O=c1cc(-c2ccccc2)on1CC(O)CN1CCOCC1. The van der Waals surface area contributed by atoms with Crippen LogP contribution in [0.15, 0.2) is 45.7 Å². The van der Waals surface area contributed by atoms with Crippen LogP contribution in [-0.4, -0.2) is 53.7 Å². The van der Waals surface area contributed by atoms with Gasteiger partial charge in [-0.2, -0.15) is 4.74 Å². The second kappa shape index (κ2) is 6.91. The van der Waals surface area contributed by atoms with Crippen LogP contribution in [0.1, 0.15) is 0 Å². The first kappa shape index (κ1) is 15.0. The molecule has 2 aromatic rings. The van der Waals surface area contributed by atoms with Crippen molar-refractivity contribution >= 4 is 0 Å². The summed E-state index contributed by atoms with van der Waals surface area (Å²) in [4.78, 5) is 14.1. The van der Waals surface area contributed by atoms with E-state index < -0.39 is 6.10 Å². The molecule has 1 aliphatic rings. The highest BCUT2D eigenvalue weighted by atomic mass is 16.5. The van der Waals surface area contributed by atoms with Crippen LogP contribution >= 0.6 is 0 Å². The lowest BCUT2D eigenvalue weighted by Crippen LogP contribution is -2.42. The minimum atomic E-state index is -0.648. The van der Waals surface area contributed by atoms with Gasteiger partial charge in [-0.25, -0.2) is 0 Å². The summed E-state index contributed by atoms with van der Waals surface area (Å²) >= 11 is 0. The number of aromatic nitrogens is 1. The quantitative estimate of drug-likeness (QED) is 0.885. The summed E-state index contributed by atoms with van der Waals surface area (Å²) in [5.74, 6) is 0.518. The van der Waals surface area contributed by atoms with Crippen molar-refractivity contribution in [3.63, 3.8) is 0 Å². The fraction of sp³-hybridized carbons (Fsp3) is 0.438. The van der Waals surface area contributed by atoms with Gasteiger partial charge in [0, 0.05) is 25.2 Å². The molecule has 3 rings (SSSR count). The number of benzene rings is 1. The van der Waals surface area contributed by atoms with Crippen molar-refractivity contribution in [3.05, 3.63) is 46.8 Å². The molecule has 1 aromatic heterocycles. The molecule has 118 valence electrons. The van der Waals surface area contributed by atoms with Gasteiger partial charge in [0.05, 0.1) is 31.9 Å². The Kier molecular flexibility index (Phi) is 4.72. The standard InChI is InChI=1S/C16H20N2O4/c19-14(11-17-6-8-21-9-7-17)12-18-16(20)10-15(22-18)13-4-2-1-3-5-13/h1-5,10,14,19H,6-9,11-12H2. The average molecular weight is 304 g/mol. The van der Waals surface area contributed by atoms with E-state index in [0.717, 1.165) is 18.7 Å². The smallest absolute Gasteiger partial charge is 0.283 e. The molecule has 6 nitrogen and oxygen atoms in total. The number of rotatable bonds is 5. The van der Waals surface area contributed by atoms with E-state index in [9.17, 15) is 9.90 Å². The monoisotopic (exact) mass is 304 g/mol. The lowest BCUT2D eigenvalue weighted by Gasteiger charge is -2.28. The summed E-state index contributed by atoms with van der Waals surface area (Å²) in [5, 5.41) is 10.2. The van der Waals surface area contributed by atoms with Crippen LogP contribution in [0.5, 0.6) is 0 Å². The zero-order chi connectivity index (χ0) is 15.4. The van der Waals surface area contributed by atoms with E-state index in [4.69, 9.17) is 9.26 Å². The van der Waals surface area contributed by atoms with Crippen molar-refractivity contribution in [1.29, 1.82) is 0 Å². The molecule has 1 unspecified atom stereocenters. The predicted octanol–water partition coefficient (Wildman–Crippen LogP) is 0.801. The molecule has 1 saturated heterocycles. The molecule has 0 bridgehead atoms. The summed E-state index contributed by atoms with van der Waals surface area (Å²) < 4.78 is 12.1. The van der Waals surface area contributed by atoms with Gasteiger partial charge in [0.15, 0.2) is 5.76 Å². The molecule has 0 spiro atoms. The summed E-state index contributed by atoms with van der Waals surface area (Å²) in [7, 11) is 0. The molecular weight excluding hydrogens is 284 g/mol. The third-order valence-corrected chi connectivity index (χ3v) is 3.72. The van der Waals surface area contributed by atoms with Crippen molar-refractivity contribution < 1.29 is 14.4 Å². The summed E-state index contributed by atoms with van der Waals surface area (Å²) in [6.45, 7) is 3.65. The number of ether oxygens (including phenoxy) is 1. The minimum Gasteiger partial charge on any atom is -0.390 e. The number of morpholine rings is 1. The van der Waals surface area contributed by atoms with Gasteiger partial charge in [0.1, 0.15) is 0 Å². The molecule has 1 aromatic carbocycles. The number of nitrogens with zero attached hydrogens (tertiary/aromatic N) is 2. The number of hydrogen-bond donors (Lipinski definition) is 1. The molecule has 0 saturated carbocycles. The lowest BCUT2D eigenvalue weighted by atomic mass is 10.2. The van der Waals surface area contributed by atoms with E-state index >= 15 is 0 Å². The molecule has 6 heteroatoms. The molecular formula is C16H20N2O4. The average Bonchev–Trinajstić information content (AvgIpc) is 2.90. The Labute approximate surface area is 128 Å². The summed E-state index contributed by atoms with van der Waals surface area (Å²) in [6.07, 6.45) is -0.648. The summed E-state index contributed by atoms with van der Waals surface area (Å²) in [5.41, 5.74) is 0.612. The predicted molar refractivity (Wildman–Crippen MR) is 81.7 cm³/mol. The van der Waals surface area contributed by atoms with Crippen LogP contribution < -0.4 is 5.56 Å². The first-order valence-electron chi connectivity index (χ1n) is 7.47. The molecule has 22 heavy (non-hydrogen) atoms. The zero-order valence-corrected chi connectivity index (χ0v) is 12.4. The van der Waals surface area contributed by atoms with Crippen molar-refractivity contribution in [2.45, 2.75) is 12.6 Å². The number of hydrogen-bond acceptors (Lipinski definition) is 5. The molecule has 1 fully saturated rings. The van der Waals surface area contributed by atoms with Crippen molar-refractivity contribution in [1.82, 2.24) is 9.64 Å². The van der Waals surface area contributed by atoms with Gasteiger partial charge in [0.25, 0.3) is 5.56 Å². The van der Waals surface area contributed by atoms with Crippen LogP contribution in [-0.2, 0) is 11.3 Å². The molecule has 1 N–H and O–H groups in total. The van der Waals surface area contributed by atoms with Gasteiger partial charge in [0.2, 0.25) is 0 Å². The Morgan fingerprint density at radius 3 is 2.59 bits per heavy atom. The van der Waals surface area contributed by atoms with E-state index in [2.05, 4.69) is 4.90 Å². The first-order valence-corrected chi connectivity index (χ1v) is 7.47. The fourth-order valence-corrected chi connectivity index (χ4v) is 2.57. The van der Waals surface area contributed by atoms with Gasteiger partial charge >= 0.3 is 0 Å². The molecule has 0 radical (unpaired) electrons. The number of aliphatic hydroxyl groups is 1. The second-order valence-corrected chi connectivity index (χ2v) is 5.43. The van der Waals surface area contributed by atoms with Crippen LogP contribution in [0.25, 0.3) is 11.3 Å². The highest BCUT2D eigenvalue weighted by Gasteiger charge is 2.17. The fourth-order valence-electron chi connectivity index (χ4n) is 2.57. The van der Waals surface area contributed by atoms with Gasteiger partial charge in [-0.05, 0) is 0 Å². The van der Waals surface area contributed by atoms with E-state index in [1.165, 1.54) is 10.8 Å². The largest absolute Gasteiger partial charge is 0.390 e. The van der Waals surface area contributed by atoms with E-state index in [1.807, 2.05) is 30.3 Å². The Morgan fingerprint density at radius 1 is 1.14 bits per heavy atom. The molecule has 1 atom stereocenters. The summed E-state index contributed by atoms with van der Waals surface area (Å²) in [6, 6.07) is 10.9. The third kappa shape index (κ3) is 3.65. The number of aliphatic hydroxyl groups excluding tert-OH is 1. The van der Waals surface area contributed by atoms with Crippen molar-refractivity contribution in [2.24, 2.45) is 0 Å². The van der Waals surface area contributed by atoms with E-state index in [0.29, 0.717) is 25.5 Å². The highest BCUT2D eigenvalue weighted by Crippen LogP contribution is 2.17. The van der Waals surface area contributed by atoms with E-state index in [-0.39, 0.29) is 12.1 Å². The van der Waals surface area contributed by atoms with Crippen LogP contribution in [0.2, 0.25) is 0 Å². The van der Waals surface area contributed by atoms with Gasteiger partial charge in [-0.1, -0.05) is 30.3 Å². The third-order valence-electron chi connectivity index (χ3n) is 3.72. The Morgan fingerprint density at radius 2 is 1.86 bits per heavy atom. The van der Waals surface area contributed by atoms with Crippen molar-refractivity contribution in [3.8, 4) is 11.3 Å². The van der Waals surface area contributed by atoms with Gasteiger partial charge in [-0.15, -0.1) is 0 Å². The normalized spacial score (nSPS) is 17.5. The Balaban J connectivity index is 1.65. The van der Waals surface area contributed by atoms with Crippen LogP contribution in [0.4, 0.5) is 0 Å². The van der Waals surface area contributed by atoms with Crippen LogP contribution in [0, 0.1) is 0 Å². The minimum absolute atomic E-state index is 0.156. The first-order chi connectivity index (χ1) is 10.7. The van der Waals surface area contributed by atoms with Gasteiger partial charge < -0.3 is 14.4 Å². The molecule has 0 aliphatic carbocycles. The molecule has 1 aliphatic heterocycles. The van der Waals surface area contributed by atoms with E-state index in [1.54, 1.807) is 0 Å². The maximum absolute atomic E-state index is 12.0. The lowest BCUT2D eigenvalue weighted by molar-refractivity contribution is 0.00611. The van der Waals surface area contributed by atoms with Crippen LogP contribution in [0.3, 0.4) is 0 Å². The highest BCUT2D eigenvalue weighted by molar-refractivity contribution is 5.55. The second-order valence-electron chi connectivity index (χ2n) is 5.43. The maximum Gasteiger partial charge on any atom is 0.283 e. The molecule has 0 amide bonds. The topological polar surface area (TPSA) is 67.8 Å². The Hall–Kier alpha value is -1.89. The van der Waals surface area contributed by atoms with Gasteiger partial charge in [-0.3, -0.25) is 9.69 Å². The Bertz CT molecular complexity index is 644. The maximum atomic E-state index is 12.0. The molecule has 2 heterocycles. The van der Waals surface area contributed by atoms with Crippen molar-refractivity contribution in [2.75, 3.05) is 32.8 Å². The zero-order valence-electron chi connectivity index (χ0n) is 12.4. The number of β-amino-alcohol motifs (C(OH)–C–C–N with tert-alkyl or cyclic N) is 1.